The van der Waals surface area contributed by atoms with Gasteiger partial charge in [-0.25, -0.2) is 0 Å². The highest BCUT2D eigenvalue weighted by Crippen LogP contribution is 2.31. The average molecular weight is 629 g/mol. The molecule has 0 radical (unpaired) electrons. The van der Waals surface area contributed by atoms with Gasteiger partial charge in [0.05, 0.1) is 0 Å². The third-order valence-electron chi connectivity index (χ3n) is 9.54. The van der Waals surface area contributed by atoms with Gasteiger partial charge in [0.2, 0.25) is 0 Å². The molecule has 2 aromatic rings. The fourth-order valence-corrected chi connectivity index (χ4v) is 7.78. The zero-order valence-electron chi connectivity index (χ0n) is 28.9. The largest absolute Gasteiger partial charge is 0.295 e. The summed E-state index contributed by atoms with van der Waals surface area (Å²) in [4.78, 5) is 0.140. The van der Waals surface area contributed by atoms with Gasteiger partial charge in [-0.3, -0.25) is 4.55 Å². The maximum atomic E-state index is 12.6. The predicted octanol–water partition coefficient (Wildman–Crippen LogP) is 13.4. The monoisotopic (exact) mass is 628 g/mol. The van der Waals surface area contributed by atoms with Crippen LogP contribution in [0.3, 0.4) is 0 Å². The minimum atomic E-state index is -4.29. The van der Waals surface area contributed by atoms with Crippen molar-refractivity contribution >= 4 is 20.9 Å². The van der Waals surface area contributed by atoms with E-state index in [1.165, 1.54) is 153 Å². The molecular weight excluding hydrogens is 561 g/mol. The summed E-state index contributed by atoms with van der Waals surface area (Å²) in [7, 11) is -4.29. The Morgan fingerprint density at radius 3 is 1.18 bits per heavy atom. The minimum Gasteiger partial charge on any atom is -0.282 e. The molecule has 0 saturated carbocycles. The van der Waals surface area contributed by atoms with Crippen LogP contribution in [0.4, 0.5) is 0 Å². The summed E-state index contributed by atoms with van der Waals surface area (Å²) in [5.41, 5.74) is 1.96. The molecular formula is C40H68O3S. The third-order valence-corrected chi connectivity index (χ3v) is 10.5. The summed E-state index contributed by atoms with van der Waals surface area (Å²) in [5, 5.41) is 1.67. The molecule has 0 atom stereocenters. The molecule has 2 rings (SSSR count). The van der Waals surface area contributed by atoms with Gasteiger partial charge in [-0.1, -0.05) is 198 Å². The average Bonchev–Trinajstić information content (AvgIpc) is 3.01. The van der Waals surface area contributed by atoms with E-state index in [0.29, 0.717) is 11.8 Å². The predicted molar refractivity (Wildman–Crippen MR) is 193 cm³/mol. The van der Waals surface area contributed by atoms with Crippen LogP contribution >= 0.6 is 0 Å². The van der Waals surface area contributed by atoms with Crippen molar-refractivity contribution in [3.63, 3.8) is 0 Å². The van der Waals surface area contributed by atoms with Gasteiger partial charge >= 0.3 is 0 Å². The summed E-state index contributed by atoms with van der Waals surface area (Å²) in [6.07, 6.45) is 35.9. The van der Waals surface area contributed by atoms with Gasteiger partial charge in [-0.05, 0) is 42.2 Å². The quantitative estimate of drug-likeness (QED) is 0.0720. The Morgan fingerprint density at radius 1 is 0.432 bits per heavy atom. The van der Waals surface area contributed by atoms with E-state index in [-0.39, 0.29) is 4.90 Å². The van der Waals surface area contributed by atoms with Crippen LogP contribution in [0.1, 0.15) is 192 Å². The molecule has 0 unspecified atom stereocenters. The molecule has 0 aliphatic heterocycles. The normalized spacial score (nSPS) is 12.0. The summed E-state index contributed by atoms with van der Waals surface area (Å²) >= 11 is 0. The minimum absolute atomic E-state index is 0.140. The van der Waals surface area contributed by atoms with Crippen molar-refractivity contribution in [3.05, 3.63) is 41.5 Å². The van der Waals surface area contributed by atoms with E-state index in [1.807, 2.05) is 18.2 Å². The molecule has 0 aliphatic rings. The van der Waals surface area contributed by atoms with Gasteiger partial charge in [-0.2, -0.15) is 8.42 Å². The molecule has 0 aliphatic carbocycles. The lowest BCUT2D eigenvalue weighted by Crippen LogP contribution is -2.05. The number of benzene rings is 2. The first-order valence-corrected chi connectivity index (χ1v) is 20.4. The second-order valence-corrected chi connectivity index (χ2v) is 14.9. The Balaban J connectivity index is 1.71. The molecule has 4 heteroatoms. The van der Waals surface area contributed by atoms with Gasteiger partial charge in [-0.15, -0.1) is 0 Å². The van der Waals surface area contributed by atoms with Crippen LogP contribution < -0.4 is 0 Å². The molecule has 0 heterocycles. The van der Waals surface area contributed by atoms with Gasteiger partial charge in [0, 0.05) is 5.39 Å². The van der Waals surface area contributed by atoms with Crippen molar-refractivity contribution in [2.75, 3.05) is 0 Å². The molecule has 0 aromatic heterocycles. The van der Waals surface area contributed by atoms with E-state index in [1.54, 1.807) is 0 Å². The van der Waals surface area contributed by atoms with Crippen molar-refractivity contribution in [2.24, 2.45) is 0 Å². The molecule has 0 saturated heterocycles. The molecule has 44 heavy (non-hydrogen) atoms. The van der Waals surface area contributed by atoms with Gasteiger partial charge < -0.3 is 0 Å². The maximum Gasteiger partial charge on any atom is 0.295 e. The first-order chi connectivity index (χ1) is 21.5. The molecule has 0 spiro atoms. The maximum absolute atomic E-state index is 12.6. The van der Waals surface area contributed by atoms with Crippen LogP contribution in [-0.2, 0) is 23.0 Å². The molecule has 252 valence electrons. The Labute approximate surface area is 273 Å². The number of hydrogen-bond acceptors (Lipinski definition) is 2. The lowest BCUT2D eigenvalue weighted by Gasteiger charge is -2.14. The lowest BCUT2D eigenvalue weighted by atomic mass is 9.96. The Bertz CT molecular complexity index is 1090. The van der Waals surface area contributed by atoms with Crippen molar-refractivity contribution in [1.82, 2.24) is 0 Å². The summed E-state index contributed by atoms with van der Waals surface area (Å²) in [6.45, 7) is 4.55. The number of unbranched alkanes of at least 4 members (excludes halogenated alkanes) is 24. The standard InChI is InChI=1S/C40H68O3S/c1-3-5-7-9-11-13-15-17-19-21-23-25-27-30-36-32-29-33-39-38(36)35-34-37(40(39)44(41,42)43)31-28-26-24-22-20-18-16-14-12-10-8-6-4-2/h29,32-35H,3-28,30-31H2,1-2H3,(H,41,42,43). The second kappa shape index (κ2) is 24.8. The fraction of sp³-hybridized carbons (Fsp3) is 0.750. The van der Waals surface area contributed by atoms with Crippen LogP contribution in [-0.4, -0.2) is 13.0 Å². The van der Waals surface area contributed by atoms with E-state index in [2.05, 4.69) is 26.0 Å². The van der Waals surface area contributed by atoms with Crippen LogP contribution in [0.15, 0.2) is 35.2 Å². The number of rotatable bonds is 29. The highest BCUT2D eigenvalue weighted by atomic mass is 32.2. The van der Waals surface area contributed by atoms with Crippen LogP contribution in [0.2, 0.25) is 0 Å². The topological polar surface area (TPSA) is 54.4 Å². The van der Waals surface area contributed by atoms with Crippen LogP contribution in [0.25, 0.3) is 10.8 Å². The van der Waals surface area contributed by atoms with E-state index in [0.717, 1.165) is 36.6 Å². The van der Waals surface area contributed by atoms with Gasteiger partial charge in [0.1, 0.15) is 4.90 Å². The number of fused-ring (bicyclic) bond motifs is 1. The summed E-state index contributed by atoms with van der Waals surface area (Å²) in [5.74, 6) is 0. The Hall–Kier alpha value is -1.39. The van der Waals surface area contributed by atoms with E-state index < -0.39 is 10.1 Å². The molecule has 1 N–H and O–H groups in total. The SMILES string of the molecule is CCCCCCCCCCCCCCCc1ccc2c(CCCCCCCCCCCCCCC)cccc2c1S(=O)(=O)O. The Kier molecular flexibility index (Phi) is 21.9. The van der Waals surface area contributed by atoms with E-state index >= 15 is 0 Å². The van der Waals surface area contributed by atoms with Crippen molar-refractivity contribution in [2.45, 2.75) is 199 Å². The first-order valence-electron chi connectivity index (χ1n) is 19.0. The second-order valence-electron chi connectivity index (χ2n) is 13.5. The van der Waals surface area contributed by atoms with E-state index in [4.69, 9.17) is 0 Å². The van der Waals surface area contributed by atoms with Crippen molar-refractivity contribution in [3.8, 4) is 0 Å². The zero-order chi connectivity index (χ0) is 31.7. The highest BCUT2D eigenvalue weighted by Gasteiger charge is 2.20. The van der Waals surface area contributed by atoms with E-state index in [9.17, 15) is 13.0 Å². The summed E-state index contributed by atoms with van der Waals surface area (Å²) < 4.78 is 35.3. The summed E-state index contributed by atoms with van der Waals surface area (Å²) in [6, 6.07) is 10.0. The Morgan fingerprint density at radius 2 is 0.795 bits per heavy atom. The van der Waals surface area contributed by atoms with Crippen LogP contribution in [0.5, 0.6) is 0 Å². The molecule has 2 aromatic carbocycles. The molecule has 0 bridgehead atoms. The van der Waals surface area contributed by atoms with Gasteiger partial charge in [0.15, 0.2) is 0 Å². The highest BCUT2D eigenvalue weighted by molar-refractivity contribution is 7.86. The first kappa shape index (κ1) is 38.8. The smallest absolute Gasteiger partial charge is 0.282 e. The molecule has 3 nitrogen and oxygen atoms in total. The molecule has 0 amide bonds. The zero-order valence-corrected chi connectivity index (χ0v) is 29.7. The van der Waals surface area contributed by atoms with Crippen molar-refractivity contribution in [1.29, 1.82) is 0 Å². The third kappa shape index (κ3) is 16.8. The number of hydrogen-bond donors (Lipinski definition) is 1. The number of aryl methyl sites for hydroxylation is 2. The molecule has 0 fully saturated rings. The fourth-order valence-electron chi connectivity index (χ4n) is 6.83. The van der Waals surface area contributed by atoms with Crippen LogP contribution in [0, 0.1) is 0 Å². The van der Waals surface area contributed by atoms with Crippen molar-refractivity contribution < 1.29 is 13.0 Å². The lowest BCUT2D eigenvalue weighted by molar-refractivity contribution is 0.482. The van der Waals surface area contributed by atoms with Gasteiger partial charge in [0.25, 0.3) is 10.1 Å².